The Hall–Kier alpha value is -1.09. The maximum atomic E-state index is 5.67. The van der Waals surface area contributed by atoms with Crippen LogP contribution in [0, 0.1) is 6.92 Å². The Balaban J connectivity index is 2.17. The number of thiocarbonyl (C=S) groups is 1. The highest BCUT2D eigenvalue weighted by Crippen LogP contribution is 2.38. The molecule has 1 fully saturated rings. The molecule has 0 aromatic heterocycles. The van der Waals surface area contributed by atoms with Crippen LogP contribution in [0.1, 0.15) is 43.7 Å². The second-order valence-corrected chi connectivity index (χ2v) is 5.45. The van der Waals surface area contributed by atoms with Gasteiger partial charge in [-0.3, -0.25) is 0 Å². The molecule has 0 atom stereocenters. The van der Waals surface area contributed by atoms with E-state index in [1.165, 1.54) is 31.4 Å². The van der Waals surface area contributed by atoms with Crippen LogP contribution in [-0.2, 0) is 0 Å². The molecule has 1 aliphatic carbocycles. The molecule has 3 heteroatoms. The predicted molar refractivity (Wildman–Crippen MR) is 77.6 cm³/mol. The third kappa shape index (κ3) is 2.44. The summed E-state index contributed by atoms with van der Waals surface area (Å²) in [7, 11) is 0. The van der Waals surface area contributed by atoms with Crippen LogP contribution >= 0.6 is 12.2 Å². The van der Waals surface area contributed by atoms with E-state index in [0.29, 0.717) is 10.5 Å². The van der Waals surface area contributed by atoms with E-state index in [0.717, 1.165) is 11.1 Å². The molecule has 0 bridgehead atoms. The van der Waals surface area contributed by atoms with E-state index >= 15 is 0 Å². The first-order chi connectivity index (χ1) is 8.06. The van der Waals surface area contributed by atoms with Crippen LogP contribution in [0.25, 0.3) is 0 Å². The van der Waals surface area contributed by atoms with Crippen molar-refractivity contribution in [3.8, 4) is 0 Å². The van der Waals surface area contributed by atoms with Crippen LogP contribution < -0.4 is 11.1 Å². The second-order valence-electron chi connectivity index (χ2n) is 5.01. The third-order valence-electron chi connectivity index (χ3n) is 3.89. The minimum Gasteiger partial charge on any atom is -0.389 e. The molecule has 92 valence electrons. The van der Waals surface area contributed by atoms with E-state index in [1.54, 1.807) is 0 Å². The number of aryl methyl sites for hydroxylation is 1. The topological polar surface area (TPSA) is 38.0 Å². The van der Waals surface area contributed by atoms with Gasteiger partial charge < -0.3 is 11.1 Å². The van der Waals surface area contributed by atoms with Crippen molar-refractivity contribution in [2.75, 3.05) is 5.32 Å². The fourth-order valence-corrected chi connectivity index (χ4v) is 2.72. The Morgan fingerprint density at radius 2 is 2.18 bits per heavy atom. The Morgan fingerprint density at radius 1 is 1.47 bits per heavy atom. The van der Waals surface area contributed by atoms with Gasteiger partial charge in [0, 0.05) is 16.8 Å². The average molecular weight is 248 g/mol. The molecule has 0 saturated heterocycles. The molecule has 1 aromatic carbocycles. The SMILES string of the molecule is CCC1(Nc2ccc(C(N)=S)c(C)c2)CCC1. The summed E-state index contributed by atoms with van der Waals surface area (Å²) in [6.07, 6.45) is 5.08. The smallest absolute Gasteiger partial charge is 0.104 e. The summed E-state index contributed by atoms with van der Waals surface area (Å²) < 4.78 is 0. The Morgan fingerprint density at radius 3 is 2.59 bits per heavy atom. The maximum absolute atomic E-state index is 5.67. The lowest BCUT2D eigenvalue weighted by Crippen LogP contribution is -2.44. The lowest BCUT2D eigenvalue weighted by atomic mass is 9.74. The molecule has 0 spiro atoms. The molecule has 0 unspecified atom stereocenters. The molecule has 0 heterocycles. The number of anilines is 1. The first kappa shape index (κ1) is 12.4. The summed E-state index contributed by atoms with van der Waals surface area (Å²) in [5.74, 6) is 0. The molecule has 2 rings (SSSR count). The summed E-state index contributed by atoms with van der Waals surface area (Å²) in [5, 5.41) is 3.66. The van der Waals surface area contributed by atoms with Crippen molar-refractivity contribution in [3.05, 3.63) is 29.3 Å². The lowest BCUT2D eigenvalue weighted by Gasteiger charge is -2.43. The highest BCUT2D eigenvalue weighted by atomic mass is 32.1. The van der Waals surface area contributed by atoms with Crippen LogP contribution in [0.3, 0.4) is 0 Å². The second kappa shape index (κ2) is 4.65. The van der Waals surface area contributed by atoms with Crippen molar-refractivity contribution in [1.82, 2.24) is 0 Å². The van der Waals surface area contributed by atoms with Crippen molar-refractivity contribution < 1.29 is 0 Å². The largest absolute Gasteiger partial charge is 0.389 e. The molecule has 1 aromatic rings. The fourth-order valence-electron chi connectivity index (χ4n) is 2.49. The summed E-state index contributed by atoms with van der Waals surface area (Å²) in [6.45, 7) is 4.31. The van der Waals surface area contributed by atoms with E-state index in [2.05, 4.69) is 31.3 Å². The molecule has 1 saturated carbocycles. The number of nitrogens with two attached hydrogens (primary N) is 1. The molecular weight excluding hydrogens is 228 g/mol. The maximum Gasteiger partial charge on any atom is 0.104 e. The van der Waals surface area contributed by atoms with Gasteiger partial charge in [-0.2, -0.15) is 0 Å². The number of hydrogen-bond acceptors (Lipinski definition) is 2. The number of hydrogen-bond donors (Lipinski definition) is 2. The van der Waals surface area contributed by atoms with Gasteiger partial charge >= 0.3 is 0 Å². The molecule has 0 radical (unpaired) electrons. The summed E-state index contributed by atoms with van der Waals surface area (Å²) >= 11 is 5.02. The molecule has 0 aliphatic heterocycles. The number of benzene rings is 1. The molecule has 17 heavy (non-hydrogen) atoms. The van der Waals surface area contributed by atoms with E-state index in [-0.39, 0.29) is 0 Å². The van der Waals surface area contributed by atoms with E-state index in [1.807, 2.05) is 6.07 Å². The zero-order chi connectivity index (χ0) is 12.5. The zero-order valence-electron chi connectivity index (χ0n) is 10.5. The standard InChI is InChI=1S/C14H20N2S/c1-3-14(7-4-8-14)16-11-5-6-12(13(15)17)10(2)9-11/h5-6,9,16H,3-4,7-8H2,1-2H3,(H2,15,17). The summed E-state index contributed by atoms with van der Waals surface area (Å²) in [6, 6.07) is 6.24. The van der Waals surface area contributed by atoms with Gasteiger partial charge in [0.15, 0.2) is 0 Å². The quantitative estimate of drug-likeness (QED) is 0.802. The van der Waals surface area contributed by atoms with E-state index < -0.39 is 0 Å². The Bertz CT molecular complexity index is 430. The van der Waals surface area contributed by atoms with Gasteiger partial charge in [0.2, 0.25) is 0 Å². The van der Waals surface area contributed by atoms with Crippen LogP contribution in [0.15, 0.2) is 18.2 Å². The monoisotopic (exact) mass is 248 g/mol. The summed E-state index contributed by atoms with van der Waals surface area (Å²) in [4.78, 5) is 0.475. The van der Waals surface area contributed by atoms with Crippen molar-refractivity contribution in [2.45, 2.75) is 45.1 Å². The minimum atomic E-state index is 0.331. The highest BCUT2D eigenvalue weighted by molar-refractivity contribution is 7.80. The molecular formula is C14H20N2S. The zero-order valence-corrected chi connectivity index (χ0v) is 11.4. The van der Waals surface area contributed by atoms with Crippen molar-refractivity contribution in [3.63, 3.8) is 0 Å². The van der Waals surface area contributed by atoms with Gasteiger partial charge in [0.25, 0.3) is 0 Å². The highest BCUT2D eigenvalue weighted by Gasteiger charge is 2.34. The third-order valence-corrected chi connectivity index (χ3v) is 4.11. The number of nitrogens with one attached hydrogen (secondary N) is 1. The average Bonchev–Trinajstić information content (AvgIpc) is 2.23. The van der Waals surface area contributed by atoms with Crippen LogP contribution in [-0.4, -0.2) is 10.5 Å². The molecule has 1 aliphatic rings. The van der Waals surface area contributed by atoms with Gasteiger partial charge in [0.05, 0.1) is 0 Å². The van der Waals surface area contributed by atoms with Gasteiger partial charge in [0.1, 0.15) is 4.99 Å². The van der Waals surface area contributed by atoms with Crippen LogP contribution in [0.2, 0.25) is 0 Å². The first-order valence-corrected chi connectivity index (χ1v) is 6.66. The van der Waals surface area contributed by atoms with Gasteiger partial charge in [-0.25, -0.2) is 0 Å². The molecule has 3 N–H and O–H groups in total. The van der Waals surface area contributed by atoms with Crippen LogP contribution in [0.5, 0.6) is 0 Å². The first-order valence-electron chi connectivity index (χ1n) is 6.25. The van der Waals surface area contributed by atoms with E-state index in [4.69, 9.17) is 18.0 Å². The van der Waals surface area contributed by atoms with Crippen molar-refractivity contribution in [2.24, 2.45) is 5.73 Å². The van der Waals surface area contributed by atoms with Crippen molar-refractivity contribution in [1.29, 1.82) is 0 Å². The van der Waals surface area contributed by atoms with Crippen LogP contribution in [0.4, 0.5) is 5.69 Å². The van der Waals surface area contributed by atoms with Crippen molar-refractivity contribution >= 4 is 22.9 Å². The molecule has 2 nitrogen and oxygen atoms in total. The predicted octanol–water partition coefficient (Wildman–Crippen LogP) is 3.37. The molecule has 0 amide bonds. The lowest BCUT2D eigenvalue weighted by molar-refractivity contribution is 0.269. The normalized spacial score (nSPS) is 17.3. The van der Waals surface area contributed by atoms with Gasteiger partial charge in [-0.05, 0) is 56.4 Å². The van der Waals surface area contributed by atoms with Gasteiger partial charge in [-0.1, -0.05) is 19.1 Å². The Kier molecular flexibility index (Phi) is 3.38. The number of rotatable bonds is 4. The van der Waals surface area contributed by atoms with Gasteiger partial charge in [-0.15, -0.1) is 0 Å². The summed E-state index contributed by atoms with van der Waals surface area (Å²) in [5.41, 5.74) is 9.30. The fraction of sp³-hybridized carbons (Fsp3) is 0.500. The van der Waals surface area contributed by atoms with E-state index in [9.17, 15) is 0 Å². The Labute approximate surface area is 109 Å². The minimum absolute atomic E-state index is 0.331.